The van der Waals surface area contributed by atoms with E-state index in [1.165, 1.54) is 11.3 Å². The zero-order chi connectivity index (χ0) is 13.4. The lowest BCUT2D eigenvalue weighted by Gasteiger charge is -1.97. The third-order valence-electron chi connectivity index (χ3n) is 2.49. The van der Waals surface area contributed by atoms with Gasteiger partial charge in [0.15, 0.2) is 5.13 Å². The van der Waals surface area contributed by atoms with E-state index in [-0.39, 0.29) is 5.91 Å². The van der Waals surface area contributed by atoms with Gasteiger partial charge in [0.25, 0.3) is 5.91 Å². The number of thiazole rings is 1. The van der Waals surface area contributed by atoms with Gasteiger partial charge in [-0.2, -0.15) is 0 Å². The molecule has 3 rings (SSSR count). The predicted octanol–water partition coefficient (Wildman–Crippen LogP) is 2.29. The summed E-state index contributed by atoms with van der Waals surface area (Å²) in [4.78, 5) is 16.8. The van der Waals surface area contributed by atoms with Crippen molar-refractivity contribution < 1.29 is 4.79 Å². The third-order valence-corrected chi connectivity index (χ3v) is 4.25. The minimum absolute atomic E-state index is 0.237. The van der Waals surface area contributed by atoms with Crippen LogP contribution in [0.15, 0.2) is 18.2 Å². The molecule has 0 unspecified atom stereocenters. The summed E-state index contributed by atoms with van der Waals surface area (Å²) in [5, 5.41) is 7.10. The number of carbonyl (C=O) groups excluding carboxylic acids is 1. The van der Waals surface area contributed by atoms with Crippen LogP contribution in [0.4, 0.5) is 10.8 Å². The number of hydrogen-bond donors (Lipinski definition) is 2. The van der Waals surface area contributed by atoms with Crippen LogP contribution in [0.3, 0.4) is 0 Å². The molecule has 0 fully saturated rings. The molecule has 2 aromatic heterocycles. The third kappa shape index (κ3) is 2.27. The van der Waals surface area contributed by atoms with E-state index < -0.39 is 0 Å². The molecule has 0 saturated carbocycles. The molecule has 0 atom stereocenters. The largest absolute Gasteiger partial charge is 0.399 e. The first-order valence-corrected chi connectivity index (χ1v) is 6.99. The van der Waals surface area contributed by atoms with Gasteiger partial charge in [-0.15, -0.1) is 5.10 Å². The molecule has 19 heavy (non-hydrogen) atoms. The molecular weight excluding hydrogens is 282 g/mol. The van der Waals surface area contributed by atoms with Crippen LogP contribution in [-0.4, -0.2) is 20.5 Å². The average molecular weight is 291 g/mol. The van der Waals surface area contributed by atoms with Crippen molar-refractivity contribution in [2.75, 3.05) is 11.1 Å². The standard InChI is InChI=1S/C11H9N5OS2/c1-5-9(19-16-15-5)10(17)14-11-13-7-3-2-6(12)4-8(7)18-11/h2-4H,12H2,1H3,(H,13,14,17). The van der Waals surface area contributed by atoms with Gasteiger partial charge in [0.05, 0.1) is 15.9 Å². The van der Waals surface area contributed by atoms with E-state index in [9.17, 15) is 4.79 Å². The average Bonchev–Trinajstić information content (AvgIpc) is 2.94. The zero-order valence-corrected chi connectivity index (χ0v) is 11.5. The van der Waals surface area contributed by atoms with Crippen LogP contribution in [-0.2, 0) is 0 Å². The minimum Gasteiger partial charge on any atom is -0.399 e. The van der Waals surface area contributed by atoms with Gasteiger partial charge >= 0.3 is 0 Å². The number of fused-ring (bicyclic) bond motifs is 1. The maximum atomic E-state index is 12.0. The molecular formula is C11H9N5OS2. The highest BCUT2D eigenvalue weighted by Crippen LogP contribution is 2.28. The number of benzene rings is 1. The Hall–Kier alpha value is -2.06. The van der Waals surface area contributed by atoms with Crippen LogP contribution in [0.25, 0.3) is 10.2 Å². The second-order valence-electron chi connectivity index (χ2n) is 3.89. The Labute approximate surface area is 116 Å². The molecule has 0 saturated heterocycles. The number of nitrogens with one attached hydrogen (secondary N) is 1. The normalized spacial score (nSPS) is 10.8. The van der Waals surface area contributed by atoms with Crippen LogP contribution in [0.1, 0.15) is 15.4 Å². The van der Waals surface area contributed by atoms with Crippen molar-refractivity contribution in [3.63, 3.8) is 0 Å². The zero-order valence-electron chi connectivity index (χ0n) is 9.88. The lowest BCUT2D eigenvalue weighted by Crippen LogP contribution is -2.11. The molecule has 8 heteroatoms. The Morgan fingerprint density at radius 3 is 3.00 bits per heavy atom. The molecule has 2 heterocycles. The number of rotatable bonds is 2. The topological polar surface area (TPSA) is 93.8 Å². The number of nitrogen functional groups attached to an aromatic ring is 1. The Balaban J connectivity index is 1.89. The maximum Gasteiger partial charge on any atom is 0.271 e. The molecule has 1 aromatic carbocycles. The number of nitrogens with zero attached hydrogens (tertiary/aromatic N) is 3. The van der Waals surface area contributed by atoms with Gasteiger partial charge in [-0.1, -0.05) is 15.8 Å². The molecule has 0 aliphatic rings. The molecule has 3 N–H and O–H groups in total. The van der Waals surface area contributed by atoms with Crippen LogP contribution < -0.4 is 11.1 Å². The lowest BCUT2D eigenvalue weighted by molar-refractivity contribution is 0.103. The van der Waals surface area contributed by atoms with Crippen LogP contribution in [0, 0.1) is 6.92 Å². The van der Waals surface area contributed by atoms with E-state index in [2.05, 4.69) is 19.9 Å². The highest BCUT2D eigenvalue weighted by Gasteiger charge is 2.15. The number of amides is 1. The van der Waals surface area contributed by atoms with Crippen molar-refractivity contribution in [3.05, 3.63) is 28.8 Å². The smallest absolute Gasteiger partial charge is 0.271 e. The van der Waals surface area contributed by atoms with Gasteiger partial charge in [0.2, 0.25) is 0 Å². The monoisotopic (exact) mass is 291 g/mol. The number of anilines is 2. The molecule has 6 nitrogen and oxygen atoms in total. The number of aromatic nitrogens is 3. The summed E-state index contributed by atoms with van der Waals surface area (Å²) in [6.07, 6.45) is 0. The van der Waals surface area contributed by atoms with E-state index in [1.807, 2.05) is 12.1 Å². The van der Waals surface area contributed by atoms with Gasteiger partial charge in [-0.05, 0) is 36.7 Å². The van der Waals surface area contributed by atoms with E-state index >= 15 is 0 Å². The first kappa shape index (κ1) is 12.0. The van der Waals surface area contributed by atoms with E-state index in [1.54, 1.807) is 13.0 Å². The number of aryl methyl sites for hydroxylation is 1. The number of hydrogen-bond acceptors (Lipinski definition) is 7. The molecule has 1 amide bonds. The highest BCUT2D eigenvalue weighted by atomic mass is 32.1. The van der Waals surface area contributed by atoms with Crippen LogP contribution in [0.5, 0.6) is 0 Å². The molecule has 0 radical (unpaired) electrons. The fourth-order valence-electron chi connectivity index (χ4n) is 1.59. The maximum absolute atomic E-state index is 12.0. The fourth-order valence-corrected chi connectivity index (χ4v) is 3.05. The second kappa shape index (κ2) is 4.56. The quantitative estimate of drug-likeness (QED) is 0.706. The van der Waals surface area contributed by atoms with Gasteiger partial charge in [-0.25, -0.2) is 4.98 Å². The van der Waals surface area contributed by atoms with Gasteiger partial charge in [-0.3, -0.25) is 10.1 Å². The summed E-state index contributed by atoms with van der Waals surface area (Å²) >= 11 is 2.45. The summed E-state index contributed by atoms with van der Waals surface area (Å²) in [7, 11) is 0. The molecule has 0 spiro atoms. The van der Waals surface area contributed by atoms with E-state index in [4.69, 9.17) is 5.73 Å². The molecule has 0 aliphatic heterocycles. The van der Waals surface area contributed by atoms with Crippen molar-refractivity contribution in [2.45, 2.75) is 6.92 Å². The highest BCUT2D eigenvalue weighted by molar-refractivity contribution is 7.22. The summed E-state index contributed by atoms with van der Waals surface area (Å²) in [6, 6.07) is 5.45. The second-order valence-corrected chi connectivity index (χ2v) is 5.67. The van der Waals surface area contributed by atoms with E-state index in [0.717, 1.165) is 21.7 Å². The molecule has 0 bridgehead atoms. The van der Waals surface area contributed by atoms with Crippen molar-refractivity contribution in [1.82, 2.24) is 14.6 Å². The molecule has 3 aromatic rings. The fraction of sp³-hybridized carbons (Fsp3) is 0.0909. The van der Waals surface area contributed by atoms with Crippen molar-refractivity contribution in [3.8, 4) is 0 Å². The van der Waals surface area contributed by atoms with Crippen molar-refractivity contribution >= 4 is 49.8 Å². The predicted molar refractivity (Wildman–Crippen MR) is 76.6 cm³/mol. The first-order chi connectivity index (χ1) is 9.13. The Kier molecular flexibility index (Phi) is 2.88. The van der Waals surface area contributed by atoms with Gasteiger partial charge < -0.3 is 5.73 Å². The van der Waals surface area contributed by atoms with E-state index in [0.29, 0.717) is 21.4 Å². The molecule has 96 valence electrons. The summed E-state index contributed by atoms with van der Waals surface area (Å²) in [5.41, 5.74) is 7.82. The van der Waals surface area contributed by atoms with Gasteiger partial charge in [0.1, 0.15) is 4.88 Å². The summed E-state index contributed by atoms with van der Waals surface area (Å²) in [6.45, 7) is 1.75. The van der Waals surface area contributed by atoms with Crippen molar-refractivity contribution in [1.29, 1.82) is 0 Å². The number of carbonyl (C=O) groups is 1. The van der Waals surface area contributed by atoms with Gasteiger partial charge in [0, 0.05) is 5.69 Å². The Bertz CT molecular complexity index is 763. The van der Waals surface area contributed by atoms with Crippen molar-refractivity contribution in [2.24, 2.45) is 0 Å². The SMILES string of the molecule is Cc1nnsc1C(=O)Nc1nc2ccc(N)cc2s1. The molecule has 0 aliphatic carbocycles. The Morgan fingerprint density at radius 1 is 1.42 bits per heavy atom. The van der Waals surface area contributed by atoms with Crippen LogP contribution in [0.2, 0.25) is 0 Å². The van der Waals surface area contributed by atoms with Crippen LogP contribution >= 0.6 is 22.9 Å². The summed E-state index contributed by atoms with van der Waals surface area (Å²) < 4.78 is 4.68. The lowest BCUT2D eigenvalue weighted by atomic mass is 10.3. The Morgan fingerprint density at radius 2 is 2.26 bits per heavy atom. The summed E-state index contributed by atoms with van der Waals surface area (Å²) in [5.74, 6) is -0.237. The number of nitrogens with two attached hydrogens (primary N) is 1. The minimum atomic E-state index is -0.237. The first-order valence-electron chi connectivity index (χ1n) is 5.40.